The molecule has 0 bridgehead atoms. The smallest absolute Gasteiger partial charge is 0.254 e. The number of aliphatic hydroxyl groups excluding tert-OH is 1. The van der Waals surface area contributed by atoms with E-state index in [4.69, 9.17) is 30.5 Å². The zero-order valence-electron chi connectivity index (χ0n) is 23.4. The fourth-order valence-corrected chi connectivity index (χ4v) is 5.80. The molecule has 5 rings (SSSR count). The minimum Gasteiger partial charge on any atom is -0.493 e. The number of aryl methyl sites for hydroxylation is 1. The number of amides is 1. The van der Waals surface area contributed by atoms with E-state index in [1.807, 2.05) is 44.2 Å². The summed E-state index contributed by atoms with van der Waals surface area (Å²) in [5, 5.41) is 11.5. The highest BCUT2D eigenvalue weighted by Gasteiger charge is 2.50. The van der Waals surface area contributed by atoms with Gasteiger partial charge in [0.2, 0.25) is 0 Å². The van der Waals surface area contributed by atoms with Crippen LogP contribution in [0.15, 0.2) is 30.3 Å². The standard InChI is InChI=1S/C29H38ClN3O6/c1-17-22(30)8-10-26(31-17)32-12-20(13-32)38-24-11-19(7-9-23(24)36-6)21-14-33(16-29(21,5)18(2)34)27(35)25-15-37-28(3,4)39-25/h7-11,18,20-21,25,34H,12-16H2,1-6H3/t18-,21+,25+,29+/m1/s1. The number of halogens is 1. The van der Waals surface area contributed by atoms with E-state index in [2.05, 4.69) is 9.88 Å². The molecule has 1 aromatic heterocycles. The summed E-state index contributed by atoms with van der Waals surface area (Å²) in [6.07, 6.45) is -1.31. The molecule has 0 aliphatic carbocycles. The van der Waals surface area contributed by atoms with Gasteiger partial charge in [-0.3, -0.25) is 4.79 Å². The Morgan fingerprint density at radius 3 is 2.54 bits per heavy atom. The maximum absolute atomic E-state index is 13.3. The Labute approximate surface area is 234 Å². The molecule has 212 valence electrons. The summed E-state index contributed by atoms with van der Waals surface area (Å²) in [6, 6.07) is 9.66. The molecule has 9 nitrogen and oxygen atoms in total. The molecule has 2 aromatic rings. The van der Waals surface area contributed by atoms with E-state index in [9.17, 15) is 9.90 Å². The van der Waals surface area contributed by atoms with Crippen LogP contribution in [0, 0.1) is 12.3 Å². The molecule has 1 aromatic carbocycles. The van der Waals surface area contributed by atoms with Gasteiger partial charge in [-0.1, -0.05) is 24.6 Å². The quantitative estimate of drug-likeness (QED) is 0.548. The lowest BCUT2D eigenvalue weighted by Crippen LogP contribution is -2.54. The van der Waals surface area contributed by atoms with Crippen molar-refractivity contribution in [3.63, 3.8) is 0 Å². The van der Waals surface area contributed by atoms with Gasteiger partial charge in [-0.2, -0.15) is 0 Å². The number of pyridine rings is 1. The van der Waals surface area contributed by atoms with E-state index in [1.165, 1.54) is 0 Å². The molecule has 4 atom stereocenters. The Hall–Kier alpha value is -2.59. The van der Waals surface area contributed by atoms with Gasteiger partial charge >= 0.3 is 0 Å². The van der Waals surface area contributed by atoms with E-state index < -0.39 is 23.4 Å². The zero-order chi connectivity index (χ0) is 28.1. The van der Waals surface area contributed by atoms with Crippen molar-refractivity contribution in [3.05, 3.63) is 46.6 Å². The Morgan fingerprint density at radius 1 is 1.18 bits per heavy atom. The van der Waals surface area contributed by atoms with Crippen LogP contribution in [0.5, 0.6) is 11.5 Å². The average Bonchev–Trinajstić information content (AvgIpc) is 3.42. The summed E-state index contributed by atoms with van der Waals surface area (Å²) in [5.74, 6) is 1.16. The molecular formula is C29H38ClN3O6. The molecule has 0 saturated carbocycles. The number of likely N-dealkylation sites (tertiary alicyclic amines) is 1. The van der Waals surface area contributed by atoms with Crippen molar-refractivity contribution in [2.45, 2.75) is 64.6 Å². The number of carbonyl (C=O) groups excluding carboxylic acids is 1. The van der Waals surface area contributed by atoms with E-state index >= 15 is 0 Å². The number of methoxy groups -OCH3 is 1. The first-order valence-corrected chi connectivity index (χ1v) is 13.8. The lowest BCUT2D eigenvalue weighted by molar-refractivity contribution is -0.159. The molecule has 3 fully saturated rings. The molecule has 10 heteroatoms. The second-order valence-corrected chi connectivity index (χ2v) is 12.0. The molecule has 39 heavy (non-hydrogen) atoms. The number of ether oxygens (including phenoxy) is 4. The number of benzene rings is 1. The summed E-state index contributed by atoms with van der Waals surface area (Å²) in [4.78, 5) is 21.9. The minimum atomic E-state index is -0.783. The molecule has 1 N–H and O–H groups in total. The van der Waals surface area contributed by atoms with Crippen LogP contribution in [0.3, 0.4) is 0 Å². The molecule has 0 unspecified atom stereocenters. The largest absolute Gasteiger partial charge is 0.493 e. The second kappa shape index (κ2) is 10.4. The van der Waals surface area contributed by atoms with Crippen LogP contribution in [-0.2, 0) is 14.3 Å². The number of carbonyl (C=O) groups is 1. The number of hydrogen-bond acceptors (Lipinski definition) is 8. The molecule has 1 amide bonds. The third-order valence-electron chi connectivity index (χ3n) is 8.34. The van der Waals surface area contributed by atoms with Gasteiger partial charge < -0.3 is 33.9 Å². The summed E-state index contributed by atoms with van der Waals surface area (Å²) >= 11 is 6.13. The van der Waals surface area contributed by atoms with Crippen LogP contribution < -0.4 is 14.4 Å². The van der Waals surface area contributed by atoms with Crippen LogP contribution in [-0.4, -0.2) is 84.9 Å². The SMILES string of the molecule is COc1ccc([C@@H]2CN(C(=O)[C@@H]3COC(C)(C)O3)C[C@@]2(C)[C@@H](C)O)cc1OC1CN(c2ccc(Cl)c(C)n2)C1. The van der Waals surface area contributed by atoms with Gasteiger partial charge in [-0.05, 0) is 57.5 Å². The van der Waals surface area contributed by atoms with Crippen molar-refractivity contribution < 1.29 is 28.8 Å². The molecule has 0 spiro atoms. The van der Waals surface area contributed by atoms with Crippen LogP contribution in [0.25, 0.3) is 0 Å². The zero-order valence-corrected chi connectivity index (χ0v) is 24.2. The molecule has 3 aliphatic rings. The van der Waals surface area contributed by atoms with Gasteiger partial charge in [-0.25, -0.2) is 4.98 Å². The maximum Gasteiger partial charge on any atom is 0.254 e. The lowest BCUT2D eigenvalue weighted by atomic mass is 9.72. The summed E-state index contributed by atoms with van der Waals surface area (Å²) in [5.41, 5.74) is 1.23. The highest BCUT2D eigenvalue weighted by atomic mass is 35.5. The van der Waals surface area contributed by atoms with Crippen molar-refractivity contribution in [1.82, 2.24) is 9.88 Å². The van der Waals surface area contributed by atoms with Crippen molar-refractivity contribution in [2.24, 2.45) is 5.41 Å². The first-order valence-electron chi connectivity index (χ1n) is 13.4. The van der Waals surface area contributed by atoms with Crippen molar-refractivity contribution in [3.8, 4) is 11.5 Å². The first kappa shape index (κ1) is 28.0. The highest BCUT2D eigenvalue weighted by Crippen LogP contribution is 2.47. The van der Waals surface area contributed by atoms with Gasteiger partial charge in [0.05, 0.1) is 43.6 Å². The van der Waals surface area contributed by atoms with Gasteiger partial charge in [0.1, 0.15) is 11.9 Å². The predicted octanol–water partition coefficient (Wildman–Crippen LogP) is 3.78. The molecular weight excluding hydrogens is 522 g/mol. The average molecular weight is 560 g/mol. The fourth-order valence-electron chi connectivity index (χ4n) is 5.69. The number of aliphatic hydroxyl groups is 1. The van der Waals surface area contributed by atoms with Crippen LogP contribution in [0.2, 0.25) is 5.02 Å². The predicted molar refractivity (Wildman–Crippen MR) is 148 cm³/mol. The van der Waals surface area contributed by atoms with Gasteiger partial charge in [0, 0.05) is 24.4 Å². The Bertz CT molecular complexity index is 1230. The van der Waals surface area contributed by atoms with E-state index in [-0.39, 0.29) is 24.5 Å². The molecule has 3 saturated heterocycles. The molecule has 0 radical (unpaired) electrons. The number of rotatable bonds is 7. The van der Waals surface area contributed by atoms with E-state index in [1.54, 1.807) is 32.8 Å². The Balaban J connectivity index is 1.32. The second-order valence-electron chi connectivity index (χ2n) is 11.6. The number of aromatic nitrogens is 1. The van der Waals surface area contributed by atoms with E-state index in [0.717, 1.165) is 17.1 Å². The number of anilines is 1. The molecule has 4 heterocycles. The third-order valence-corrected chi connectivity index (χ3v) is 8.74. The summed E-state index contributed by atoms with van der Waals surface area (Å²) in [6.45, 7) is 11.8. The number of nitrogens with zero attached hydrogens (tertiary/aromatic N) is 3. The van der Waals surface area contributed by atoms with Crippen LogP contribution in [0.1, 0.15) is 44.9 Å². The third kappa shape index (κ3) is 5.42. The van der Waals surface area contributed by atoms with Crippen molar-refractivity contribution in [1.29, 1.82) is 0 Å². The fraction of sp³-hybridized carbons (Fsp3) is 0.586. The maximum atomic E-state index is 13.3. The van der Waals surface area contributed by atoms with E-state index in [0.29, 0.717) is 42.7 Å². The summed E-state index contributed by atoms with van der Waals surface area (Å²) in [7, 11) is 1.62. The van der Waals surface area contributed by atoms with Crippen molar-refractivity contribution in [2.75, 3.05) is 44.8 Å². The molecule has 3 aliphatic heterocycles. The Morgan fingerprint density at radius 2 is 1.92 bits per heavy atom. The van der Waals surface area contributed by atoms with Crippen molar-refractivity contribution >= 4 is 23.3 Å². The summed E-state index contributed by atoms with van der Waals surface area (Å²) < 4.78 is 23.4. The minimum absolute atomic E-state index is 0.0281. The normalized spacial score (nSPS) is 27.4. The van der Waals surface area contributed by atoms with Gasteiger partial charge in [0.15, 0.2) is 23.4 Å². The van der Waals surface area contributed by atoms with Gasteiger partial charge in [0.25, 0.3) is 5.91 Å². The monoisotopic (exact) mass is 559 g/mol. The Kier molecular flexibility index (Phi) is 7.47. The van der Waals surface area contributed by atoms with Gasteiger partial charge in [-0.15, -0.1) is 0 Å². The highest BCUT2D eigenvalue weighted by molar-refractivity contribution is 6.31. The van der Waals surface area contributed by atoms with Crippen LogP contribution in [0.4, 0.5) is 5.82 Å². The first-order chi connectivity index (χ1) is 18.4. The topological polar surface area (TPSA) is 93.6 Å². The lowest BCUT2D eigenvalue weighted by Gasteiger charge is -2.40. The van der Waals surface area contributed by atoms with Crippen LogP contribution >= 0.6 is 11.6 Å². The number of hydrogen-bond donors (Lipinski definition) is 1.